The first kappa shape index (κ1) is 19.7. The number of allylic oxidation sites excluding steroid dienone is 2. The first-order valence-corrected chi connectivity index (χ1v) is 9.51. The van der Waals surface area contributed by atoms with Gasteiger partial charge in [0.25, 0.3) is 0 Å². The van der Waals surface area contributed by atoms with E-state index < -0.39 is 28.9 Å². The van der Waals surface area contributed by atoms with Crippen LogP contribution in [0.2, 0.25) is 0 Å². The molecule has 0 saturated heterocycles. The summed E-state index contributed by atoms with van der Waals surface area (Å²) in [6.45, 7) is 0. The Morgan fingerprint density at radius 2 is 0.774 bits per heavy atom. The molecule has 0 radical (unpaired) electrons. The fourth-order valence-corrected chi connectivity index (χ4v) is 4.17. The molecule has 0 saturated carbocycles. The van der Waals surface area contributed by atoms with Crippen molar-refractivity contribution >= 4 is 32.7 Å². The van der Waals surface area contributed by atoms with Crippen LogP contribution in [0.4, 0.5) is 26.3 Å². The zero-order chi connectivity index (χ0) is 22.0. The average molecular weight is 428 g/mol. The third-order valence-electron chi connectivity index (χ3n) is 5.74. The summed E-state index contributed by atoms with van der Waals surface area (Å²) in [5.74, 6) is -15.7. The Labute approximate surface area is 173 Å². The lowest BCUT2D eigenvalue weighted by Crippen LogP contribution is -2.48. The fraction of sp³-hybridized carbons (Fsp3) is 0.120. The lowest BCUT2D eigenvalue weighted by atomic mass is 9.92. The van der Waals surface area contributed by atoms with Crippen LogP contribution in [0.5, 0.6) is 0 Å². The number of fused-ring (bicyclic) bond motifs is 2. The van der Waals surface area contributed by atoms with Crippen LogP contribution in [0.15, 0.2) is 84.9 Å². The zero-order valence-electron chi connectivity index (χ0n) is 15.9. The molecule has 0 atom stereocenters. The van der Waals surface area contributed by atoms with Gasteiger partial charge in [0.1, 0.15) is 0 Å². The summed E-state index contributed by atoms with van der Waals surface area (Å²) in [6.07, 6.45) is 0. The molecule has 0 fully saturated rings. The Hall–Kier alpha value is -3.28. The molecule has 0 bridgehead atoms. The van der Waals surface area contributed by atoms with E-state index in [2.05, 4.69) is 0 Å². The van der Waals surface area contributed by atoms with Gasteiger partial charge < -0.3 is 0 Å². The molecule has 1 aliphatic carbocycles. The molecule has 0 unspecified atom stereocenters. The van der Waals surface area contributed by atoms with Crippen molar-refractivity contribution < 1.29 is 26.3 Å². The Morgan fingerprint density at radius 3 is 1.16 bits per heavy atom. The second kappa shape index (κ2) is 6.36. The lowest BCUT2D eigenvalue weighted by molar-refractivity contribution is -0.254. The average Bonchev–Trinajstić information content (AvgIpc) is 2.86. The molecule has 0 aliphatic heterocycles. The molecule has 0 spiro atoms. The van der Waals surface area contributed by atoms with Crippen LogP contribution in [0.3, 0.4) is 0 Å². The van der Waals surface area contributed by atoms with Gasteiger partial charge in [0, 0.05) is 11.1 Å². The Kier molecular flexibility index (Phi) is 4.04. The summed E-state index contributed by atoms with van der Waals surface area (Å²) in [6, 6.07) is 21.2. The van der Waals surface area contributed by atoms with Gasteiger partial charge in [-0.1, -0.05) is 72.8 Å². The highest BCUT2D eigenvalue weighted by Crippen LogP contribution is 2.64. The summed E-state index contributed by atoms with van der Waals surface area (Å²) in [4.78, 5) is 0. The summed E-state index contributed by atoms with van der Waals surface area (Å²) in [5, 5.41) is 2.33. The van der Waals surface area contributed by atoms with E-state index in [0.29, 0.717) is 21.5 Å². The Bertz CT molecular complexity index is 1260. The zero-order valence-corrected chi connectivity index (χ0v) is 15.9. The van der Waals surface area contributed by atoms with Gasteiger partial charge in [-0.2, -0.15) is 26.3 Å². The monoisotopic (exact) mass is 428 g/mol. The molecule has 0 heterocycles. The topological polar surface area (TPSA) is 0 Å². The maximum atomic E-state index is 14.9. The fourth-order valence-electron chi connectivity index (χ4n) is 4.17. The number of hydrogen-bond donors (Lipinski definition) is 0. The summed E-state index contributed by atoms with van der Waals surface area (Å²) < 4.78 is 88.6. The van der Waals surface area contributed by atoms with Crippen LogP contribution in [0, 0.1) is 0 Å². The molecule has 31 heavy (non-hydrogen) atoms. The second-order valence-corrected chi connectivity index (χ2v) is 7.60. The van der Waals surface area contributed by atoms with Crippen LogP contribution < -0.4 is 0 Å². The van der Waals surface area contributed by atoms with Gasteiger partial charge in [-0.05, 0) is 44.8 Å². The number of alkyl halides is 6. The van der Waals surface area contributed by atoms with Crippen molar-refractivity contribution in [1.82, 2.24) is 0 Å². The van der Waals surface area contributed by atoms with E-state index in [4.69, 9.17) is 0 Å². The van der Waals surface area contributed by atoms with Gasteiger partial charge in [0.05, 0.1) is 0 Å². The van der Waals surface area contributed by atoms with E-state index in [1.165, 1.54) is 36.4 Å². The van der Waals surface area contributed by atoms with Gasteiger partial charge >= 0.3 is 17.8 Å². The van der Waals surface area contributed by atoms with Crippen LogP contribution in [-0.2, 0) is 0 Å². The van der Waals surface area contributed by atoms with Crippen molar-refractivity contribution in [3.05, 3.63) is 96.1 Å². The molecular formula is C25H14F6. The maximum Gasteiger partial charge on any atom is 0.380 e. The van der Waals surface area contributed by atoms with Gasteiger partial charge in [-0.3, -0.25) is 0 Å². The Balaban J connectivity index is 1.85. The van der Waals surface area contributed by atoms with Crippen molar-refractivity contribution in [3.63, 3.8) is 0 Å². The van der Waals surface area contributed by atoms with Gasteiger partial charge in [-0.15, -0.1) is 0 Å². The van der Waals surface area contributed by atoms with Gasteiger partial charge in [-0.25, -0.2) is 0 Å². The molecular weight excluding hydrogens is 414 g/mol. The third-order valence-corrected chi connectivity index (χ3v) is 5.74. The molecule has 6 heteroatoms. The van der Waals surface area contributed by atoms with Crippen LogP contribution in [0.25, 0.3) is 32.7 Å². The summed E-state index contributed by atoms with van der Waals surface area (Å²) in [5.41, 5.74) is -3.40. The van der Waals surface area contributed by atoms with Gasteiger partial charge in [0.15, 0.2) is 0 Å². The minimum Gasteiger partial charge on any atom is -0.194 e. The normalized spacial score (nSPS) is 19.3. The highest BCUT2D eigenvalue weighted by Gasteiger charge is 2.80. The predicted octanol–water partition coefficient (Wildman–Crippen LogP) is 7.82. The van der Waals surface area contributed by atoms with Crippen LogP contribution in [-0.4, -0.2) is 17.8 Å². The van der Waals surface area contributed by atoms with Gasteiger partial charge in [0.2, 0.25) is 0 Å². The number of halogens is 6. The van der Waals surface area contributed by atoms with E-state index in [9.17, 15) is 26.3 Å². The Morgan fingerprint density at radius 1 is 0.419 bits per heavy atom. The van der Waals surface area contributed by atoms with Crippen molar-refractivity contribution in [2.24, 2.45) is 0 Å². The van der Waals surface area contributed by atoms with E-state index in [-0.39, 0.29) is 11.1 Å². The molecule has 4 aromatic rings. The van der Waals surface area contributed by atoms with E-state index in [1.807, 2.05) is 0 Å². The standard InChI is InChI=1S/C25H14F6/c26-23(27)21(19-11-9-15-5-1-3-7-17(15)13-19)22(24(28,29)25(23,30)31)20-12-10-16-6-2-4-8-18(16)14-20/h1-14H. The second-order valence-electron chi connectivity index (χ2n) is 7.60. The van der Waals surface area contributed by atoms with Crippen LogP contribution >= 0.6 is 0 Å². The first-order valence-electron chi connectivity index (χ1n) is 9.51. The summed E-state index contributed by atoms with van der Waals surface area (Å²) in [7, 11) is 0. The lowest BCUT2D eigenvalue weighted by Gasteiger charge is -2.26. The van der Waals surface area contributed by atoms with E-state index in [1.54, 1.807) is 48.5 Å². The number of benzene rings is 4. The largest absolute Gasteiger partial charge is 0.380 e. The molecule has 0 N–H and O–H groups in total. The van der Waals surface area contributed by atoms with E-state index in [0.717, 1.165) is 0 Å². The smallest absolute Gasteiger partial charge is 0.194 e. The molecule has 5 rings (SSSR count). The maximum absolute atomic E-state index is 14.9. The SMILES string of the molecule is FC1(F)C(c2ccc3ccccc3c2)=C(c2ccc3ccccc3c2)C(F)(F)C1(F)F. The van der Waals surface area contributed by atoms with E-state index >= 15 is 0 Å². The number of hydrogen-bond acceptors (Lipinski definition) is 0. The minimum atomic E-state index is -5.57. The highest BCUT2D eigenvalue weighted by atomic mass is 19.3. The molecule has 0 aromatic heterocycles. The predicted molar refractivity (Wildman–Crippen MR) is 110 cm³/mol. The quantitative estimate of drug-likeness (QED) is 0.286. The molecule has 0 nitrogen and oxygen atoms in total. The van der Waals surface area contributed by atoms with Crippen LogP contribution in [0.1, 0.15) is 11.1 Å². The third kappa shape index (κ3) is 2.63. The minimum absolute atomic E-state index is 0.358. The molecule has 4 aromatic carbocycles. The first-order chi connectivity index (χ1) is 14.6. The van der Waals surface area contributed by atoms with Crippen molar-refractivity contribution in [2.75, 3.05) is 0 Å². The summed E-state index contributed by atoms with van der Waals surface area (Å²) >= 11 is 0. The molecule has 156 valence electrons. The van der Waals surface area contributed by atoms with Crippen molar-refractivity contribution in [1.29, 1.82) is 0 Å². The number of rotatable bonds is 2. The van der Waals surface area contributed by atoms with Crippen molar-refractivity contribution in [3.8, 4) is 0 Å². The van der Waals surface area contributed by atoms with Crippen molar-refractivity contribution in [2.45, 2.75) is 17.8 Å². The highest BCUT2D eigenvalue weighted by molar-refractivity contribution is 6.04. The molecule has 0 amide bonds. The molecule has 1 aliphatic rings.